The van der Waals surface area contributed by atoms with Gasteiger partial charge in [-0.1, -0.05) is 66.7 Å². The largest absolute Gasteiger partial charge is 0.507 e. The van der Waals surface area contributed by atoms with Crippen LogP contribution in [0.5, 0.6) is 23.0 Å². The van der Waals surface area contributed by atoms with Gasteiger partial charge in [0, 0.05) is 68.7 Å². The number of hydrogen-bond acceptors (Lipinski definition) is 26. The van der Waals surface area contributed by atoms with Crippen LogP contribution in [0.2, 0.25) is 0 Å². The fourth-order valence-electron chi connectivity index (χ4n) is 13.2. The van der Waals surface area contributed by atoms with E-state index in [2.05, 4.69) is 16.0 Å². The molecule has 11 rings (SSSR count). The topological polar surface area (TPSA) is 396 Å². The molecule has 0 saturated carbocycles. The van der Waals surface area contributed by atoms with Crippen molar-refractivity contribution in [3.63, 3.8) is 0 Å². The number of phenolic OH excluding ortho intramolecular Hbond substituents is 2. The number of aromatic hydroxyl groups is 2. The molecule has 6 aliphatic rings. The molecular weight excluding hydrogens is 1280 g/mol. The van der Waals surface area contributed by atoms with Crippen molar-refractivity contribution in [3.05, 3.63) is 147 Å². The Bertz CT molecular complexity index is 3960. The second-order valence-corrected chi connectivity index (χ2v) is 24.0. The molecule has 3 heterocycles. The Balaban J connectivity index is 0.718. The number of fused-ring (bicyclic) bond motifs is 6. The van der Waals surface area contributed by atoms with Gasteiger partial charge >= 0.3 is 30.1 Å². The first-order chi connectivity index (χ1) is 47.1. The molecule has 2 fully saturated rings. The Kier molecular flexibility index (Phi) is 20.9. The molecule has 5 unspecified atom stereocenters. The first-order valence-corrected chi connectivity index (χ1v) is 31.6. The van der Waals surface area contributed by atoms with Gasteiger partial charge in [0.05, 0.1) is 68.3 Å². The highest BCUT2D eigenvalue weighted by Crippen LogP contribution is 2.53. The van der Waals surface area contributed by atoms with E-state index in [0.717, 1.165) is 49.5 Å². The molecule has 0 radical (unpaired) electrons. The monoisotopic (exact) mass is 1360 g/mol. The SMILES string of the molecule is COC(=O)[C@H]1O[C@@H](Oc2ccc(COC(=O)N3CCOC3CCCNC3CC(OC4C[C@](O)(C(=O)CO)Cc5c(O)c6c(c(O)c54)C(=O)c4c(OC)cccc4C6=O)OC=C3O)cc2NC(=O)CCNC(=O)OCC2c3ccccc3-c3ccccc32)CC(OC(C)=O)[C@@H]1OC(C)=O. The van der Waals surface area contributed by atoms with Crippen molar-refractivity contribution in [2.75, 3.05) is 59.0 Å². The average molecular weight is 1360 g/mol. The number of phenols is 2. The summed E-state index contributed by atoms with van der Waals surface area (Å²) in [7, 11) is 2.37. The molecule has 0 bridgehead atoms. The molecule has 3 aliphatic carbocycles. The summed E-state index contributed by atoms with van der Waals surface area (Å²) in [5, 5.41) is 64.8. The number of carbonyl (C=O) groups excluding carboxylic acids is 9. The molecule has 3 aliphatic heterocycles. The lowest BCUT2D eigenvalue weighted by Gasteiger charge is -2.40. The first kappa shape index (κ1) is 69.2. The highest BCUT2D eigenvalue weighted by Gasteiger charge is 2.51. The molecule has 0 aromatic heterocycles. The Morgan fingerprint density at radius 3 is 2.19 bits per heavy atom. The summed E-state index contributed by atoms with van der Waals surface area (Å²) < 4.78 is 62.6. The lowest BCUT2D eigenvalue weighted by molar-refractivity contribution is -0.241. The number of anilines is 1. The van der Waals surface area contributed by atoms with Crippen LogP contribution < -0.4 is 25.4 Å². The van der Waals surface area contributed by atoms with Gasteiger partial charge in [0.15, 0.2) is 23.8 Å². The molecule has 29 nitrogen and oxygen atoms in total. The number of ketones is 3. The lowest BCUT2D eigenvalue weighted by Crippen LogP contribution is -2.56. The van der Waals surface area contributed by atoms with E-state index in [1.165, 1.54) is 48.4 Å². The number of rotatable bonds is 23. The van der Waals surface area contributed by atoms with Crippen molar-refractivity contribution in [1.29, 1.82) is 0 Å². The van der Waals surface area contributed by atoms with E-state index in [1.807, 2.05) is 48.5 Å². The highest BCUT2D eigenvalue weighted by atomic mass is 16.7. The molecule has 5 aromatic rings. The summed E-state index contributed by atoms with van der Waals surface area (Å²) in [5.41, 5.74) is 0.251. The van der Waals surface area contributed by atoms with Crippen molar-refractivity contribution in [3.8, 4) is 34.1 Å². The van der Waals surface area contributed by atoms with Gasteiger partial charge in [-0.3, -0.25) is 33.7 Å². The second kappa shape index (κ2) is 29.7. The van der Waals surface area contributed by atoms with Gasteiger partial charge in [-0.05, 0) is 65.4 Å². The van der Waals surface area contributed by atoms with Crippen molar-refractivity contribution in [2.45, 2.75) is 126 Å². The summed E-state index contributed by atoms with van der Waals surface area (Å²) in [6.45, 7) is 1.19. The van der Waals surface area contributed by atoms with Crippen LogP contribution >= 0.6 is 0 Å². The minimum Gasteiger partial charge on any atom is -0.507 e. The molecule has 98 heavy (non-hydrogen) atoms. The maximum atomic E-state index is 14.1. The van der Waals surface area contributed by atoms with E-state index < -0.39 is 150 Å². The number of methoxy groups -OCH3 is 2. The molecule has 8 N–H and O–H groups in total. The standard InChI is InChI=1S/C69H72N4O25/c1-34(75)94-49-27-55(98-65(66(84)89-4)64(49)95-35(2)76)96-47-19-18-36(25-45(47)72-52(79)20-22-71-67(85)92-32-43-39-13-7-5-11-37(39)38-12-6-8-14-40(38)43)31-93-68(86)73-23-24-90-53(73)17-10-21-70-44-26-54(91-33-46(44)77)97-50-29-69(87,51(78)30-74)28-42-57(50)63(83)59-58(61(42)81)60(80)41-15-9-16-48(88-3)56(41)62(59)82/h5-9,11-16,18-19,25,33,43-44,49-50,53-55,64-65,70,74,77,81,83,87H,10,17,20-24,26-32H2,1-4H3,(H,71,85)(H,72,79)/t44?,49?,50?,53?,54?,55-,64+,65+,69+/m1/s1. The predicted molar refractivity (Wildman–Crippen MR) is 336 cm³/mol. The van der Waals surface area contributed by atoms with E-state index in [-0.39, 0.29) is 116 Å². The summed E-state index contributed by atoms with van der Waals surface area (Å²) in [6.07, 6.45) is -11.0. The molecule has 5 aromatic carbocycles. The van der Waals surface area contributed by atoms with E-state index in [9.17, 15) is 68.7 Å². The first-order valence-electron chi connectivity index (χ1n) is 31.6. The van der Waals surface area contributed by atoms with Crippen LogP contribution in [0, 0.1) is 0 Å². The quantitative estimate of drug-likeness (QED) is 0.0171. The van der Waals surface area contributed by atoms with Crippen LogP contribution in [0.4, 0.5) is 15.3 Å². The Labute approximate surface area is 559 Å². The van der Waals surface area contributed by atoms with Gasteiger partial charge < -0.3 is 93.6 Å². The summed E-state index contributed by atoms with van der Waals surface area (Å²) >= 11 is 0. The Morgan fingerprint density at radius 2 is 1.49 bits per heavy atom. The van der Waals surface area contributed by atoms with Gasteiger partial charge in [0.25, 0.3) is 0 Å². The molecule has 3 amide bonds. The number of nitrogens with zero attached hydrogens (tertiary/aromatic N) is 1. The average Bonchev–Trinajstić information content (AvgIpc) is 0.858. The van der Waals surface area contributed by atoms with Gasteiger partial charge in [-0.25, -0.2) is 14.4 Å². The molecular formula is C69H72N4O25. The number of aliphatic hydroxyl groups is 3. The number of ether oxygens (including phenoxy) is 11. The summed E-state index contributed by atoms with van der Waals surface area (Å²) in [5.74, 6) is -7.87. The van der Waals surface area contributed by atoms with Crippen LogP contribution in [-0.4, -0.2) is 186 Å². The molecule has 518 valence electrons. The zero-order valence-electron chi connectivity index (χ0n) is 53.6. The molecule has 2 saturated heterocycles. The van der Waals surface area contributed by atoms with Crippen molar-refractivity contribution >= 4 is 59.0 Å². The van der Waals surface area contributed by atoms with Gasteiger partial charge in [-0.2, -0.15) is 0 Å². The Morgan fingerprint density at radius 1 is 0.776 bits per heavy atom. The number of aliphatic hydroxyl groups excluding tert-OH is 2. The summed E-state index contributed by atoms with van der Waals surface area (Å²) in [4.78, 5) is 121. The van der Waals surface area contributed by atoms with Crippen molar-refractivity contribution in [1.82, 2.24) is 15.5 Å². The third-order valence-electron chi connectivity index (χ3n) is 17.8. The number of esters is 3. The normalized spacial score (nSPS) is 22.8. The van der Waals surface area contributed by atoms with Crippen LogP contribution in [0.15, 0.2) is 97.0 Å². The third kappa shape index (κ3) is 14.4. The number of alkyl carbamates (subject to hydrolysis) is 1. The second-order valence-electron chi connectivity index (χ2n) is 24.0. The lowest BCUT2D eigenvalue weighted by atomic mass is 9.72. The Hall–Kier alpha value is -10.2. The molecule has 29 heteroatoms. The van der Waals surface area contributed by atoms with Crippen LogP contribution in [0.1, 0.15) is 124 Å². The van der Waals surface area contributed by atoms with E-state index in [4.69, 9.17) is 52.1 Å². The van der Waals surface area contributed by atoms with Crippen LogP contribution in [0.25, 0.3) is 11.1 Å². The fourth-order valence-corrected chi connectivity index (χ4v) is 13.2. The van der Waals surface area contributed by atoms with Crippen molar-refractivity contribution in [2.24, 2.45) is 0 Å². The number of Topliss-reactive ketones (excluding diaryl/α,β-unsaturated/α-hetero) is 1. The number of amides is 3. The van der Waals surface area contributed by atoms with Gasteiger partial charge in [0.1, 0.15) is 72.8 Å². The van der Waals surface area contributed by atoms with E-state index in [1.54, 1.807) is 0 Å². The molecule has 9 atom stereocenters. The van der Waals surface area contributed by atoms with Crippen LogP contribution in [-0.2, 0) is 79.6 Å². The van der Waals surface area contributed by atoms with E-state index in [0.29, 0.717) is 12.0 Å². The zero-order valence-corrected chi connectivity index (χ0v) is 53.6. The van der Waals surface area contributed by atoms with E-state index >= 15 is 0 Å². The summed E-state index contributed by atoms with van der Waals surface area (Å²) in [6, 6.07) is 23.6. The van der Waals surface area contributed by atoms with Crippen molar-refractivity contribution < 1.29 is 121 Å². The number of benzene rings is 5. The third-order valence-corrected chi connectivity index (χ3v) is 17.8. The maximum absolute atomic E-state index is 14.1. The number of hydrogen-bond donors (Lipinski definition) is 8. The minimum atomic E-state index is -2.39. The van der Waals surface area contributed by atoms with Gasteiger partial charge in [-0.15, -0.1) is 0 Å². The number of carbonyl (C=O) groups is 9. The number of nitrogens with one attached hydrogen (secondary N) is 3. The van der Waals surface area contributed by atoms with Gasteiger partial charge in [0.2, 0.25) is 24.3 Å². The smallest absolute Gasteiger partial charge is 0.412 e. The minimum absolute atomic E-state index is 0.0240. The maximum Gasteiger partial charge on any atom is 0.412 e. The predicted octanol–water partition coefficient (Wildman–Crippen LogP) is 5.46. The zero-order chi connectivity index (χ0) is 69.7. The molecule has 0 spiro atoms. The van der Waals surface area contributed by atoms with Crippen LogP contribution in [0.3, 0.4) is 0 Å². The highest BCUT2D eigenvalue weighted by molar-refractivity contribution is 6.31. The fraction of sp³-hybridized carbons (Fsp3) is 0.406.